The van der Waals surface area contributed by atoms with Crippen molar-refractivity contribution in [2.75, 3.05) is 11.5 Å². The number of carbonyl (C=O) groups excluding carboxylic acids is 1. The number of imidazole rings is 1. The quantitative estimate of drug-likeness (QED) is 0.719. The Bertz CT molecular complexity index is 847. The van der Waals surface area contributed by atoms with Crippen molar-refractivity contribution in [3.63, 3.8) is 0 Å². The number of fused-ring (bicyclic) bond motifs is 1. The van der Waals surface area contributed by atoms with Crippen molar-refractivity contribution >= 4 is 28.7 Å². The Morgan fingerprint density at radius 3 is 2.73 bits per heavy atom. The van der Waals surface area contributed by atoms with Gasteiger partial charge in [-0.3, -0.25) is 4.79 Å². The van der Waals surface area contributed by atoms with Crippen LogP contribution in [0, 0.1) is 0 Å². The van der Waals surface area contributed by atoms with Crippen LogP contribution in [-0.2, 0) is 10.3 Å². The molecule has 5 nitrogen and oxygen atoms in total. The van der Waals surface area contributed by atoms with Crippen LogP contribution in [0.4, 0.5) is 0 Å². The van der Waals surface area contributed by atoms with Gasteiger partial charge in [0.05, 0.1) is 29.0 Å². The molecule has 6 heteroatoms. The van der Waals surface area contributed by atoms with E-state index in [1.807, 2.05) is 55.1 Å². The highest BCUT2D eigenvalue weighted by Gasteiger charge is 2.36. The molecule has 0 saturated carbocycles. The molecule has 1 aromatic carbocycles. The Morgan fingerprint density at radius 2 is 2.00 bits per heavy atom. The highest BCUT2D eigenvalue weighted by molar-refractivity contribution is 7.99. The minimum absolute atomic E-state index is 0.0820. The van der Waals surface area contributed by atoms with Gasteiger partial charge < -0.3 is 14.9 Å². The molecular formula is C20H24N4OS. The van der Waals surface area contributed by atoms with Gasteiger partial charge in [-0.25, -0.2) is 4.98 Å². The molecule has 1 unspecified atom stereocenters. The molecule has 1 aliphatic rings. The number of hydrogen-bond donors (Lipinski definition) is 2. The lowest BCUT2D eigenvalue weighted by Gasteiger charge is -2.38. The first-order chi connectivity index (χ1) is 12.7. The minimum Gasteiger partial charge on any atom is -0.348 e. The number of nitrogens with zero attached hydrogens (tertiary/aromatic N) is 2. The molecule has 26 heavy (non-hydrogen) atoms. The zero-order valence-electron chi connectivity index (χ0n) is 14.9. The van der Waals surface area contributed by atoms with E-state index in [9.17, 15) is 4.79 Å². The van der Waals surface area contributed by atoms with E-state index in [0.29, 0.717) is 6.42 Å². The topological polar surface area (TPSA) is 62.7 Å². The molecule has 3 aromatic rings. The SMILES string of the molecule is CC(NC(=O)CC1(n2cccc2)CCSCC1)c1nc2ccccc2[nH]1. The van der Waals surface area contributed by atoms with Gasteiger partial charge in [0.25, 0.3) is 0 Å². The summed E-state index contributed by atoms with van der Waals surface area (Å²) >= 11 is 1.97. The molecule has 0 bridgehead atoms. The molecule has 1 fully saturated rings. The number of nitrogens with one attached hydrogen (secondary N) is 2. The van der Waals surface area contributed by atoms with Gasteiger partial charge in [-0.1, -0.05) is 12.1 Å². The number of carbonyl (C=O) groups is 1. The second-order valence-electron chi connectivity index (χ2n) is 7.03. The number of H-pyrrole nitrogens is 1. The Labute approximate surface area is 157 Å². The molecule has 1 amide bonds. The number of hydrogen-bond acceptors (Lipinski definition) is 3. The van der Waals surface area contributed by atoms with Crippen molar-refractivity contribution in [3.05, 3.63) is 54.6 Å². The van der Waals surface area contributed by atoms with Gasteiger partial charge >= 0.3 is 0 Å². The Morgan fingerprint density at radius 1 is 1.27 bits per heavy atom. The summed E-state index contributed by atoms with van der Waals surface area (Å²) in [6.07, 6.45) is 6.74. The number of para-hydroxylation sites is 2. The zero-order chi connectivity index (χ0) is 18.0. The second-order valence-corrected chi connectivity index (χ2v) is 8.26. The van der Waals surface area contributed by atoms with E-state index in [4.69, 9.17) is 0 Å². The van der Waals surface area contributed by atoms with Crippen LogP contribution >= 0.6 is 11.8 Å². The fraction of sp³-hybridized carbons (Fsp3) is 0.400. The van der Waals surface area contributed by atoms with E-state index in [2.05, 4.69) is 32.2 Å². The molecule has 0 spiro atoms. The first-order valence-electron chi connectivity index (χ1n) is 9.11. The molecule has 0 aliphatic carbocycles. The van der Waals surface area contributed by atoms with Gasteiger partial charge in [-0.05, 0) is 55.5 Å². The predicted molar refractivity (Wildman–Crippen MR) is 106 cm³/mol. The third kappa shape index (κ3) is 3.38. The lowest BCUT2D eigenvalue weighted by atomic mass is 9.87. The second kappa shape index (κ2) is 7.19. The lowest BCUT2D eigenvalue weighted by molar-refractivity contribution is -0.124. The standard InChI is InChI=1S/C20H24N4OS/c1-15(19-22-16-6-2-3-7-17(16)23-19)21-18(25)14-20(8-12-26-13-9-20)24-10-4-5-11-24/h2-7,10-11,15H,8-9,12-14H2,1H3,(H,21,25)(H,22,23). The summed E-state index contributed by atoms with van der Waals surface area (Å²) < 4.78 is 2.23. The third-order valence-electron chi connectivity index (χ3n) is 5.26. The van der Waals surface area contributed by atoms with Gasteiger partial charge in [0.2, 0.25) is 5.91 Å². The van der Waals surface area contributed by atoms with Gasteiger partial charge in [0.1, 0.15) is 5.82 Å². The van der Waals surface area contributed by atoms with Gasteiger partial charge in [-0.15, -0.1) is 0 Å². The maximum absolute atomic E-state index is 12.8. The number of benzene rings is 1. The normalized spacial score (nSPS) is 17.9. The Hall–Kier alpha value is -2.21. The molecule has 136 valence electrons. The van der Waals surface area contributed by atoms with Crippen molar-refractivity contribution in [1.29, 1.82) is 0 Å². The van der Waals surface area contributed by atoms with Crippen LogP contribution in [0.5, 0.6) is 0 Å². The van der Waals surface area contributed by atoms with Crippen molar-refractivity contribution in [3.8, 4) is 0 Å². The summed E-state index contributed by atoms with van der Waals surface area (Å²) in [5, 5.41) is 3.14. The van der Waals surface area contributed by atoms with Crippen LogP contribution in [-0.4, -0.2) is 31.9 Å². The molecule has 0 radical (unpaired) electrons. The van der Waals surface area contributed by atoms with E-state index in [1.54, 1.807) is 0 Å². The molecular weight excluding hydrogens is 344 g/mol. The van der Waals surface area contributed by atoms with Gasteiger partial charge in [0.15, 0.2) is 0 Å². The van der Waals surface area contributed by atoms with E-state index >= 15 is 0 Å². The molecule has 3 heterocycles. The van der Waals surface area contributed by atoms with E-state index in [1.165, 1.54) is 0 Å². The number of aromatic nitrogens is 3. The number of rotatable bonds is 5. The highest BCUT2D eigenvalue weighted by atomic mass is 32.2. The summed E-state index contributed by atoms with van der Waals surface area (Å²) in [6, 6.07) is 11.9. The molecule has 4 rings (SSSR count). The third-order valence-corrected chi connectivity index (χ3v) is 6.25. The summed E-state index contributed by atoms with van der Waals surface area (Å²) in [4.78, 5) is 20.7. The molecule has 1 saturated heterocycles. The number of thioether (sulfide) groups is 1. The Kier molecular flexibility index (Phi) is 4.76. The van der Waals surface area contributed by atoms with Gasteiger partial charge in [0, 0.05) is 12.4 Å². The number of amides is 1. The maximum atomic E-state index is 12.8. The molecule has 1 aliphatic heterocycles. The average Bonchev–Trinajstić information content (AvgIpc) is 3.32. The van der Waals surface area contributed by atoms with Gasteiger partial charge in [-0.2, -0.15) is 11.8 Å². The number of aromatic amines is 1. The fourth-order valence-corrected chi connectivity index (χ4v) is 5.02. The zero-order valence-corrected chi connectivity index (χ0v) is 15.8. The minimum atomic E-state index is -0.144. The maximum Gasteiger partial charge on any atom is 0.222 e. The van der Waals surface area contributed by atoms with Crippen molar-refractivity contribution in [2.45, 2.75) is 37.8 Å². The molecule has 2 aromatic heterocycles. The van der Waals surface area contributed by atoms with Crippen molar-refractivity contribution < 1.29 is 4.79 Å². The van der Waals surface area contributed by atoms with Crippen LogP contribution in [0.25, 0.3) is 11.0 Å². The fourth-order valence-electron chi connectivity index (χ4n) is 3.77. The Balaban J connectivity index is 1.48. The highest BCUT2D eigenvalue weighted by Crippen LogP contribution is 2.37. The summed E-state index contributed by atoms with van der Waals surface area (Å²) in [5.74, 6) is 3.09. The summed E-state index contributed by atoms with van der Waals surface area (Å²) in [6.45, 7) is 1.98. The summed E-state index contributed by atoms with van der Waals surface area (Å²) in [7, 11) is 0. The van der Waals surface area contributed by atoms with E-state index in [-0.39, 0.29) is 17.5 Å². The first kappa shape index (κ1) is 17.2. The van der Waals surface area contributed by atoms with Crippen LogP contribution in [0.2, 0.25) is 0 Å². The first-order valence-corrected chi connectivity index (χ1v) is 10.3. The lowest BCUT2D eigenvalue weighted by Crippen LogP contribution is -2.42. The summed E-state index contributed by atoms with van der Waals surface area (Å²) in [5.41, 5.74) is 1.82. The van der Waals surface area contributed by atoms with Crippen LogP contribution < -0.4 is 5.32 Å². The van der Waals surface area contributed by atoms with Crippen LogP contribution in [0.1, 0.15) is 38.1 Å². The monoisotopic (exact) mass is 368 g/mol. The molecule has 1 atom stereocenters. The van der Waals surface area contributed by atoms with Crippen LogP contribution in [0.3, 0.4) is 0 Å². The molecule has 2 N–H and O–H groups in total. The van der Waals surface area contributed by atoms with E-state index in [0.717, 1.165) is 41.2 Å². The predicted octanol–water partition coefficient (Wildman–Crippen LogP) is 3.85. The smallest absolute Gasteiger partial charge is 0.222 e. The van der Waals surface area contributed by atoms with Crippen LogP contribution in [0.15, 0.2) is 48.8 Å². The van der Waals surface area contributed by atoms with Crippen molar-refractivity contribution in [1.82, 2.24) is 19.9 Å². The van der Waals surface area contributed by atoms with E-state index < -0.39 is 0 Å². The average molecular weight is 369 g/mol. The largest absolute Gasteiger partial charge is 0.348 e. The van der Waals surface area contributed by atoms with Crippen molar-refractivity contribution in [2.24, 2.45) is 0 Å².